The fourth-order valence-corrected chi connectivity index (χ4v) is 3.45. The van der Waals surface area contributed by atoms with Crippen LogP contribution in [0.5, 0.6) is 0 Å². The number of aromatic nitrogens is 1. The number of rotatable bonds is 4. The molecule has 1 aromatic carbocycles. The Kier molecular flexibility index (Phi) is 2.67. The minimum Gasteiger partial charge on any atom is -0.467 e. The lowest BCUT2D eigenvalue weighted by atomic mass is 10.3. The summed E-state index contributed by atoms with van der Waals surface area (Å²) >= 11 is 1.70. The molecule has 4 rings (SSSR count). The Bertz CT molecular complexity index is 731. The van der Waals surface area contributed by atoms with E-state index in [1.54, 1.807) is 17.6 Å². The Morgan fingerprint density at radius 1 is 1.35 bits per heavy atom. The number of fused-ring (bicyclic) bond motifs is 1. The first kappa shape index (κ1) is 11.8. The largest absolute Gasteiger partial charge is 0.467 e. The van der Waals surface area contributed by atoms with E-state index in [4.69, 9.17) is 15.1 Å². The molecule has 2 aromatic heterocycles. The topological polar surface area (TPSA) is 55.3 Å². The van der Waals surface area contributed by atoms with Crippen LogP contribution in [0.3, 0.4) is 0 Å². The van der Waals surface area contributed by atoms with Gasteiger partial charge in [0.05, 0.1) is 23.0 Å². The SMILES string of the molecule is Nc1ccc2nc(N(Cc3ccco3)C3CC3)sc2c1. The molecular formula is C15H15N3OS. The number of nitrogen functional groups attached to an aromatic ring is 1. The Labute approximate surface area is 120 Å². The van der Waals surface area contributed by atoms with Crippen molar-refractivity contribution in [3.05, 3.63) is 42.4 Å². The summed E-state index contributed by atoms with van der Waals surface area (Å²) < 4.78 is 6.62. The quantitative estimate of drug-likeness (QED) is 0.744. The van der Waals surface area contributed by atoms with Crippen molar-refractivity contribution in [2.75, 3.05) is 10.6 Å². The van der Waals surface area contributed by atoms with Gasteiger partial charge in [-0.2, -0.15) is 0 Å². The summed E-state index contributed by atoms with van der Waals surface area (Å²) in [5.74, 6) is 0.982. The van der Waals surface area contributed by atoms with Crippen LogP contribution in [0.15, 0.2) is 41.0 Å². The summed E-state index contributed by atoms with van der Waals surface area (Å²) in [7, 11) is 0. The zero-order chi connectivity index (χ0) is 13.5. The van der Waals surface area contributed by atoms with Crippen molar-refractivity contribution >= 4 is 32.4 Å². The van der Waals surface area contributed by atoms with Crippen molar-refractivity contribution in [2.24, 2.45) is 0 Å². The van der Waals surface area contributed by atoms with Crippen LogP contribution in [0.4, 0.5) is 10.8 Å². The molecule has 2 N–H and O–H groups in total. The summed E-state index contributed by atoms with van der Waals surface area (Å²) in [6.07, 6.45) is 4.19. The van der Waals surface area contributed by atoms with Crippen molar-refractivity contribution in [3.8, 4) is 0 Å². The van der Waals surface area contributed by atoms with Crippen LogP contribution >= 0.6 is 11.3 Å². The maximum Gasteiger partial charge on any atom is 0.187 e. The summed E-state index contributed by atoms with van der Waals surface area (Å²) in [5.41, 5.74) is 7.65. The van der Waals surface area contributed by atoms with Crippen LogP contribution in [0.25, 0.3) is 10.2 Å². The Hall–Kier alpha value is -2.01. The molecule has 3 aromatic rings. The van der Waals surface area contributed by atoms with E-state index in [1.165, 1.54) is 12.8 Å². The standard InChI is InChI=1S/C15H15N3OS/c16-10-3-6-13-14(8-10)20-15(17-13)18(11-4-5-11)9-12-2-1-7-19-12/h1-3,6-8,11H,4-5,9,16H2. The van der Waals surface area contributed by atoms with Crippen molar-refractivity contribution in [3.63, 3.8) is 0 Å². The molecule has 0 amide bonds. The first-order valence-electron chi connectivity index (χ1n) is 6.75. The van der Waals surface area contributed by atoms with Crippen molar-refractivity contribution in [2.45, 2.75) is 25.4 Å². The molecule has 4 nitrogen and oxygen atoms in total. The molecule has 0 unspecified atom stereocenters. The maximum atomic E-state index is 5.84. The van der Waals surface area contributed by atoms with E-state index in [2.05, 4.69) is 4.90 Å². The Morgan fingerprint density at radius 3 is 3.00 bits per heavy atom. The van der Waals surface area contributed by atoms with E-state index in [1.807, 2.05) is 30.3 Å². The fraction of sp³-hybridized carbons (Fsp3) is 0.267. The van der Waals surface area contributed by atoms with Gasteiger partial charge in [-0.05, 0) is 43.2 Å². The number of nitrogens with two attached hydrogens (primary N) is 1. The molecule has 1 aliphatic rings. The number of nitrogens with zero attached hydrogens (tertiary/aromatic N) is 2. The van der Waals surface area contributed by atoms with Gasteiger partial charge in [0.25, 0.3) is 0 Å². The summed E-state index contributed by atoms with van der Waals surface area (Å²) in [6.45, 7) is 0.785. The molecule has 0 bridgehead atoms. The van der Waals surface area contributed by atoms with Crippen LogP contribution in [-0.4, -0.2) is 11.0 Å². The van der Waals surface area contributed by atoms with Gasteiger partial charge in [-0.15, -0.1) is 0 Å². The second-order valence-corrected chi connectivity index (χ2v) is 6.17. The molecule has 1 saturated carbocycles. The zero-order valence-corrected chi connectivity index (χ0v) is 11.8. The van der Waals surface area contributed by atoms with E-state index in [0.29, 0.717) is 6.04 Å². The number of hydrogen-bond donors (Lipinski definition) is 1. The van der Waals surface area contributed by atoms with Crippen LogP contribution in [0.2, 0.25) is 0 Å². The third-order valence-corrected chi connectivity index (χ3v) is 4.60. The highest BCUT2D eigenvalue weighted by molar-refractivity contribution is 7.22. The smallest absolute Gasteiger partial charge is 0.187 e. The first-order valence-corrected chi connectivity index (χ1v) is 7.56. The number of anilines is 2. The highest BCUT2D eigenvalue weighted by Gasteiger charge is 2.31. The monoisotopic (exact) mass is 285 g/mol. The lowest BCUT2D eigenvalue weighted by Gasteiger charge is -2.19. The second-order valence-electron chi connectivity index (χ2n) is 5.16. The third kappa shape index (κ3) is 2.14. The predicted octanol–water partition coefficient (Wildman–Crippen LogP) is 3.64. The van der Waals surface area contributed by atoms with Gasteiger partial charge in [-0.1, -0.05) is 11.3 Å². The van der Waals surface area contributed by atoms with Crippen LogP contribution in [-0.2, 0) is 6.54 Å². The molecule has 2 heterocycles. The predicted molar refractivity (Wildman–Crippen MR) is 81.9 cm³/mol. The van der Waals surface area contributed by atoms with Gasteiger partial charge in [0, 0.05) is 11.7 Å². The van der Waals surface area contributed by atoms with Crippen LogP contribution in [0, 0.1) is 0 Å². The average Bonchev–Trinajstić information content (AvgIpc) is 2.99. The van der Waals surface area contributed by atoms with Gasteiger partial charge >= 0.3 is 0 Å². The van der Waals surface area contributed by atoms with Gasteiger partial charge in [-0.3, -0.25) is 0 Å². The highest BCUT2D eigenvalue weighted by atomic mass is 32.1. The van der Waals surface area contributed by atoms with E-state index < -0.39 is 0 Å². The number of furan rings is 1. The molecule has 1 aliphatic carbocycles. The summed E-state index contributed by atoms with van der Waals surface area (Å²) in [4.78, 5) is 7.09. The third-order valence-electron chi connectivity index (χ3n) is 3.54. The van der Waals surface area contributed by atoms with Gasteiger partial charge in [0.1, 0.15) is 5.76 Å². The molecule has 0 spiro atoms. The van der Waals surface area contributed by atoms with E-state index in [9.17, 15) is 0 Å². The lowest BCUT2D eigenvalue weighted by molar-refractivity contribution is 0.501. The molecule has 0 radical (unpaired) electrons. The Morgan fingerprint density at radius 2 is 2.25 bits per heavy atom. The molecular weight excluding hydrogens is 270 g/mol. The minimum atomic E-state index is 0.595. The van der Waals surface area contributed by atoms with Crippen LogP contribution in [0.1, 0.15) is 18.6 Å². The van der Waals surface area contributed by atoms with E-state index in [0.717, 1.165) is 33.3 Å². The number of thiazole rings is 1. The first-order chi connectivity index (χ1) is 9.79. The lowest BCUT2D eigenvalue weighted by Crippen LogP contribution is -2.24. The molecule has 0 atom stereocenters. The number of hydrogen-bond acceptors (Lipinski definition) is 5. The van der Waals surface area contributed by atoms with Crippen molar-refractivity contribution < 1.29 is 4.42 Å². The molecule has 20 heavy (non-hydrogen) atoms. The minimum absolute atomic E-state index is 0.595. The molecule has 1 fully saturated rings. The molecule has 5 heteroatoms. The zero-order valence-electron chi connectivity index (χ0n) is 11.0. The van der Waals surface area contributed by atoms with Crippen molar-refractivity contribution in [1.29, 1.82) is 0 Å². The van der Waals surface area contributed by atoms with Crippen molar-refractivity contribution in [1.82, 2.24) is 4.98 Å². The second kappa shape index (κ2) is 4.52. The normalized spacial score (nSPS) is 14.8. The molecule has 0 aliphatic heterocycles. The fourth-order valence-electron chi connectivity index (χ4n) is 2.36. The van der Waals surface area contributed by atoms with Gasteiger partial charge < -0.3 is 15.1 Å². The Balaban J connectivity index is 1.70. The summed E-state index contributed by atoms with van der Waals surface area (Å²) in [5, 5.41) is 1.06. The van der Waals surface area contributed by atoms with Gasteiger partial charge in [-0.25, -0.2) is 4.98 Å². The van der Waals surface area contributed by atoms with Gasteiger partial charge in [0.15, 0.2) is 5.13 Å². The average molecular weight is 285 g/mol. The van der Waals surface area contributed by atoms with Gasteiger partial charge in [0.2, 0.25) is 0 Å². The summed E-state index contributed by atoms with van der Waals surface area (Å²) in [6, 6.07) is 10.4. The van der Waals surface area contributed by atoms with E-state index in [-0.39, 0.29) is 0 Å². The van der Waals surface area contributed by atoms with E-state index >= 15 is 0 Å². The van der Waals surface area contributed by atoms with Crippen LogP contribution < -0.4 is 10.6 Å². The highest BCUT2D eigenvalue weighted by Crippen LogP contribution is 2.37. The molecule has 0 saturated heterocycles. The maximum absolute atomic E-state index is 5.84. The number of benzene rings is 1. The molecule has 102 valence electrons.